The Morgan fingerprint density at radius 2 is 1.92 bits per heavy atom. The fourth-order valence-electron chi connectivity index (χ4n) is 3.36. The van der Waals surface area contributed by atoms with E-state index in [9.17, 15) is 4.79 Å². The monoisotopic (exact) mass is 505 g/mol. The summed E-state index contributed by atoms with van der Waals surface area (Å²) < 4.78 is 6.46. The highest BCUT2D eigenvalue weighted by molar-refractivity contribution is 5.95. The molecule has 0 aliphatic carbocycles. The number of hydrogen-bond donors (Lipinski definition) is 6. The lowest BCUT2D eigenvalue weighted by Crippen LogP contribution is -2.18. The average molecular weight is 506 g/mol. The van der Waals surface area contributed by atoms with Crippen LogP contribution in [0.2, 0.25) is 0 Å². The maximum absolute atomic E-state index is 12.7. The molecule has 0 saturated heterocycles. The number of carbonyl (C=O) groups is 1. The third-order valence-corrected chi connectivity index (χ3v) is 4.93. The summed E-state index contributed by atoms with van der Waals surface area (Å²) in [6, 6.07) is 13.4. The number of H-pyrrole nitrogens is 1. The van der Waals surface area contributed by atoms with Gasteiger partial charge in [0.25, 0.3) is 5.97 Å². The molecule has 1 atom stereocenters. The maximum atomic E-state index is 12.7. The highest BCUT2D eigenvalue weighted by atomic mass is 16.5. The van der Waals surface area contributed by atoms with E-state index >= 15 is 0 Å². The molecule has 4 rings (SSSR count). The van der Waals surface area contributed by atoms with Gasteiger partial charge < -0.3 is 26.6 Å². The van der Waals surface area contributed by atoms with Crippen molar-refractivity contribution in [2.24, 2.45) is 5.73 Å². The Balaban J connectivity index is 0.000000886. The molecule has 13 heteroatoms. The number of nitrogens with zero attached hydrogens (tertiary/aromatic N) is 4. The molecule has 4 aromatic rings. The molecule has 0 saturated carbocycles. The van der Waals surface area contributed by atoms with Crippen molar-refractivity contribution in [2.45, 2.75) is 19.9 Å². The van der Waals surface area contributed by atoms with Crippen molar-refractivity contribution in [1.29, 1.82) is 5.41 Å². The number of nitrogens with two attached hydrogens (primary N) is 2. The second-order valence-electron chi connectivity index (χ2n) is 7.82. The number of amidine groups is 1. The fourth-order valence-corrected chi connectivity index (χ4v) is 3.36. The van der Waals surface area contributed by atoms with Crippen molar-refractivity contribution < 1.29 is 14.6 Å². The normalized spacial score (nSPS) is 11.1. The molecule has 0 aliphatic rings. The number of aromatic amines is 1. The van der Waals surface area contributed by atoms with Crippen molar-refractivity contribution in [3.05, 3.63) is 87.9 Å². The first kappa shape index (κ1) is 26.4. The first-order valence-electron chi connectivity index (χ1n) is 10.9. The number of aromatic nitrogens is 5. The van der Waals surface area contributed by atoms with Crippen LogP contribution < -0.4 is 27.2 Å². The van der Waals surface area contributed by atoms with Gasteiger partial charge in [0.05, 0.1) is 12.8 Å². The Hall–Kier alpha value is -5.20. The van der Waals surface area contributed by atoms with Crippen molar-refractivity contribution in [3.63, 3.8) is 0 Å². The van der Waals surface area contributed by atoms with Crippen LogP contribution in [-0.2, 0) is 4.79 Å². The molecule has 0 radical (unpaired) electrons. The second kappa shape index (κ2) is 11.5. The van der Waals surface area contributed by atoms with Crippen LogP contribution >= 0.6 is 0 Å². The first-order valence-corrected chi connectivity index (χ1v) is 10.9. The molecule has 3 heterocycles. The van der Waals surface area contributed by atoms with Crippen molar-refractivity contribution in [2.75, 3.05) is 18.2 Å². The minimum atomic E-state index is -0.833. The summed E-state index contributed by atoms with van der Waals surface area (Å²) in [6.45, 7) is 2.93. The van der Waals surface area contributed by atoms with E-state index in [0.29, 0.717) is 23.0 Å². The van der Waals surface area contributed by atoms with E-state index in [2.05, 4.69) is 25.4 Å². The summed E-state index contributed by atoms with van der Waals surface area (Å²) in [5, 5.41) is 22.8. The number of carboxylic acids is 1. The standard InChI is InChI=1S/C22H23N9O2.C2H4O2/c1-12-10-14(11-17(27-12)33-2)18(28-15-7-5-13(6-8-15)19(24)25)20-29-22(32)31(30-20)21-16(23)4-3-9-26-21;1-2(3)4/h3-11,18,28H,23H2,1-2H3,(H3,24,25)(H,29,30,32);1H3,(H,3,4). The lowest BCUT2D eigenvalue weighted by atomic mass is 10.1. The van der Waals surface area contributed by atoms with Crippen LogP contribution in [0, 0.1) is 12.3 Å². The van der Waals surface area contributed by atoms with Crippen LogP contribution in [-0.4, -0.2) is 48.8 Å². The molecule has 0 amide bonds. The number of rotatable bonds is 7. The SMILES string of the molecule is CC(=O)O.COc1cc(C(Nc2ccc(C(=N)N)cc2)c2nn(-c3ncccc3N)c(=O)[nH]2)cc(C)n1. The zero-order chi connectivity index (χ0) is 27.1. The Bertz CT molecular complexity index is 1460. The smallest absolute Gasteiger partial charge is 0.349 e. The number of nitrogen functional groups attached to an aromatic ring is 2. The van der Waals surface area contributed by atoms with Crippen molar-refractivity contribution >= 4 is 23.2 Å². The zero-order valence-electron chi connectivity index (χ0n) is 20.4. The minimum Gasteiger partial charge on any atom is -0.481 e. The second-order valence-corrected chi connectivity index (χ2v) is 7.82. The van der Waals surface area contributed by atoms with Gasteiger partial charge in [-0.2, -0.15) is 4.68 Å². The summed E-state index contributed by atoms with van der Waals surface area (Å²) in [5.41, 5.74) is 14.2. The third kappa shape index (κ3) is 6.69. The van der Waals surface area contributed by atoms with E-state index in [1.807, 2.05) is 13.0 Å². The number of hydrogen-bond acceptors (Lipinski definition) is 9. The van der Waals surface area contributed by atoms with Gasteiger partial charge in [0.1, 0.15) is 11.9 Å². The molecule has 192 valence electrons. The molecule has 1 unspecified atom stereocenters. The molecule has 0 spiro atoms. The predicted octanol–water partition coefficient (Wildman–Crippen LogP) is 1.83. The molecule has 1 aromatic carbocycles. The summed E-state index contributed by atoms with van der Waals surface area (Å²) >= 11 is 0. The zero-order valence-corrected chi connectivity index (χ0v) is 20.4. The number of carboxylic acid groups (broad SMARTS) is 1. The van der Waals surface area contributed by atoms with Gasteiger partial charge in [0.15, 0.2) is 11.6 Å². The first-order chi connectivity index (χ1) is 17.6. The molecule has 8 N–H and O–H groups in total. The molecule has 0 bridgehead atoms. The Morgan fingerprint density at radius 3 is 2.51 bits per heavy atom. The number of ether oxygens (including phenoxy) is 1. The van der Waals surface area contributed by atoms with E-state index in [-0.39, 0.29) is 11.7 Å². The highest BCUT2D eigenvalue weighted by Crippen LogP contribution is 2.27. The number of anilines is 2. The molecule has 37 heavy (non-hydrogen) atoms. The number of nitrogens with one attached hydrogen (secondary N) is 3. The predicted molar refractivity (Wildman–Crippen MR) is 138 cm³/mol. The van der Waals surface area contributed by atoms with E-state index < -0.39 is 17.7 Å². The summed E-state index contributed by atoms with van der Waals surface area (Å²) in [6.07, 6.45) is 1.54. The van der Waals surface area contributed by atoms with Gasteiger partial charge in [-0.3, -0.25) is 15.2 Å². The van der Waals surface area contributed by atoms with Crippen LogP contribution in [0.15, 0.2) is 59.5 Å². The Kier molecular flexibility index (Phi) is 8.20. The topological polar surface area (TPSA) is 211 Å². The van der Waals surface area contributed by atoms with E-state index in [1.54, 1.807) is 42.5 Å². The summed E-state index contributed by atoms with van der Waals surface area (Å²) in [5.74, 6) is 0.148. The molecule has 0 aliphatic heterocycles. The van der Waals surface area contributed by atoms with Crippen LogP contribution in [0.25, 0.3) is 5.82 Å². The van der Waals surface area contributed by atoms with Gasteiger partial charge in [0, 0.05) is 36.1 Å². The average Bonchev–Trinajstić information content (AvgIpc) is 3.23. The fraction of sp³-hybridized carbons (Fsp3) is 0.167. The van der Waals surface area contributed by atoms with E-state index in [1.165, 1.54) is 13.3 Å². The Morgan fingerprint density at radius 1 is 1.24 bits per heavy atom. The molecular formula is C24H27N9O4. The van der Waals surface area contributed by atoms with Gasteiger partial charge in [-0.25, -0.2) is 14.8 Å². The van der Waals surface area contributed by atoms with Crippen LogP contribution in [0.4, 0.5) is 11.4 Å². The minimum absolute atomic E-state index is 0.0244. The van der Waals surface area contributed by atoms with Crippen LogP contribution in [0.1, 0.15) is 35.6 Å². The number of methoxy groups -OCH3 is 1. The number of aryl methyl sites for hydroxylation is 1. The lowest BCUT2D eigenvalue weighted by molar-refractivity contribution is -0.134. The maximum Gasteiger partial charge on any atom is 0.349 e. The van der Waals surface area contributed by atoms with Gasteiger partial charge in [-0.15, -0.1) is 5.10 Å². The molecular weight excluding hydrogens is 478 g/mol. The van der Waals surface area contributed by atoms with Crippen LogP contribution in [0.5, 0.6) is 5.88 Å². The summed E-state index contributed by atoms with van der Waals surface area (Å²) in [4.78, 5) is 33.1. The number of pyridine rings is 2. The van der Waals surface area contributed by atoms with Gasteiger partial charge >= 0.3 is 5.69 Å². The molecule has 13 nitrogen and oxygen atoms in total. The summed E-state index contributed by atoms with van der Waals surface area (Å²) in [7, 11) is 1.54. The number of aliphatic carboxylic acids is 1. The van der Waals surface area contributed by atoms with E-state index in [4.69, 9.17) is 31.5 Å². The Labute approximate surface area is 211 Å². The van der Waals surface area contributed by atoms with E-state index in [0.717, 1.165) is 28.6 Å². The van der Waals surface area contributed by atoms with Crippen molar-refractivity contribution in [1.82, 2.24) is 24.7 Å². The lowest BCUT2D eigenvalue weighted by Gasteiger charge is -2.19. The van der Waals surface area contributed by atoms with Crippen LogP contribution in [0.3, 0.4) is 0 Å². The number of benzene rings is 1. The quantitative estimate of drug-likeness (QED) is 0.158. The van der Waals surface area contributed by atoms with Gasteiger partial charge in [0.2, 0.25) is 5.88 Å². The largest absolute Gasteiger partial charge is 0.481 e. The highest BCUT2D eigenvalue weighted by Gasteiger charge is 2.22. The van der Waals surface area contributed by atoms with Gasteiger partial charge in [-0.1, -0.05) is 0 Å². The third-order valence-electron chi connectivity index (χ3n) is 4.93. The van der Waals surface area contributed by atoms with Crippen molar-refractivity contribution in [3.8, 4) is 11.7 Å². The van der Waals surface area contributed by atoms with Gasteiger partial charge in [-0.05, 0) is 55.0 Å². The molecule has 0 fully saturated rings. The molecule has 3 aromatic heterocycles.